The number of hydrogen-bond donors (Lipinski definition) is 2. The SMILES string of the molecule is CCCSC(=CC#CC(C)(C)O)C(C)(C)O. The third-order valence-electron chi connectivity index (χ3n) is 1.65. The number of allylic oxidation sites excluding steroid dienone is 1. The molecule has 0 spiro atoms. The standard InChI is InChI=1S/C13H22O2S/c1-6-10-16-11(13(4,5)15)8-7-9-12(2,3)14/h8,14-15H,6,10H2,1-5H3. The molecule has 92 valence electrons. The van der Waals surface area contributed by atoms with E-state index in [0.29, 0.717) is 0 Å². The van der Waals surface area contributed by atoms with Gasteiger partial charge >= 0.3 is 0 Å². The number of hydrogen-bond acceptors (Lipinski definition) is 3. The van der Waals surface area contributed by atoms with Gasteiger partial charge in [-0.25, -0.2) is 0 Å². The van der Waals surface area contributed by atoms with Crippen LogP contribution >= 0.6 is 11.8 Å². The van der Waals surface area contributed by atoms with E-state index in [9.17, 15) is 10.2 Å². The summed E-state index contributed by atoms with van der Waals surface area (Å²) in [5.41, 5.74) is -1.86. The lowest BCUT2D eigenvalue weighted by atomic mass is 10.1. The van der Waals surface area contributed by atoms with Crippen LogP contribution in [0, 0.1) is 11.8 Å². The van der Waals surface area contributed by atoms with Gasteiger partial charge in [-0.05, 0) is 39.9 Å². The lowest BCUT2D eigenvalue weighted by Gasteiger charge is -2.20. The highest BCUT2D eigenvalue weighted by Gasteiger charge is 2.19. The predicted octanol–water partition coefficient (Wildman–Crippen LogP) is 2.56. The molecule has 0 fully saturated rings. The number of thioether (sulfide) groups is 1. The van der Waals surface area contributed by atoms with Crippen LogP contribution in [0.2, 0.25) is 0 Å². The van der Waals surface area contributed by atoms with Crippen LogP contribution in [0.3, 0.4) is 0 Å². The zero-order valence-electron chi connectivity index (χ0n) is 10.8. The average molecular weight is 242 g/mol. The topological polar surface area (TPSA) is 40.5 Å². The van der Waals surface area contributed by atoms with Crippen molar-refractivity contribution in [3.05, 3.63) is 11.0 Å². The molecule has 0 aromatic rings. The van der Waals surface area contributed by atoms with Crippen LogP contribution in [0.4, 0.5) is 0 Å². The minimum absolute atomic E-state index is 0.839. The van der Waals surface area contributed by atoms with Crippen LogP contribution in [0.15, 0.2) is 11.0 Å². The Morgan fingerprint density at radius 2 is 1.81 bits per heavy atom. The van der Waals surface area contributed by atoms with Gasteiger partial charge in [0.15, 0.2) is 0 Å². The lowest BCUT2D eigenvalue weighted by molar-refractivity contribution is 0.129. The van der Waals surface area contributed by atoms with Crippen molar-refractivity contribution in [2.24, 2.45) is 0 Å². The molecule has 0 aromatic heterocycles. The molecule has 0 aliphatic heterocycles. The summed E-state index contributed by atoms with van der Waals surface area (Å²) in [6, 6.07) is 0. The van der Waals surface area contributed by atoms with Crippen LogP contribution in [0.1, 0.15) is 41.0 Å². The van der Waals surface area contributed by atoms with Crippen molar-refractivity contribution < 1.29 is 10.2 Å². The van der Waals surface area contributed by atoms with Gasteiger partial charge in [-0.2, -0.15) is 0 Å². The van der Waals surface area contributed by atoms with E-state index in [1.807, 2.05) is 0 Å². The van der Waals surface area contributed by atoms with Gasteiger partial charge in [-0.1, -0.05) is 18.8 Å². The minimum Gasteiger partial charge on any atom is -0.385 e. The van der Waals surface area contributed by atoms with Gasteiger partial charge in [0, 0.05) is 11.0 Å². The number of rotatable bonds is 4. The molecule has 3 heteroatoms. The normalized spacial score (nSPS) is 13.3. The monoisotopic (exact) mass is 242 g/mol. The maximum atomic E-state index is 9.91. The maximum Gasteiger partial charge on any atom is 0.120 e. The molecule has 0 aliphatic carbocycles. The summed E-state index contributed by atoms with van der Waals surface area (Å²) in [5.74, 6) is 6.46. The Bertz CT molecular complexity index is 295. The van der Waals surface area contributed by atoms with Crippen molar-refractivity contribution in [3.63, 3.8) is 0 Å². The van der Waals surface area contributed by atoms with E-state index in [0.717, 1.165) is 17.1 Å². The fourth-order valence-electron chi connectivity index (χ4n) is 0.885. The first-order valence-corrected chi connectivity index (χ1v) is 6.46. The van der Waals surface area contributed by atoms with E-state index in [-0.39, 0.29) is 0 Å². The van der Waals surface area contributed by atoms with Crippen LogP contribution < -0.4 is 0 Å². The van der Waals surface area contributed by atoms with Gasteiger partial charge in [0.05, 0.1) is 5.60 Å². The van der Waals surface area contributed by atoms with Crippen LogP contribution in [0.25, 0.3) is 0 Å². The zero-order valence-corrected chi connectivity index (χ0v) is 11.6. The van der Waals surface area contributed by atoms with Crippen molar-refractivity contribution in [2.45, 2.75) is 52.2 Å². The Morgan fingerprint density at radius 1 is 1.25 bits per heavy atom. The van der Waals surface area contributed by atoms with Gasteiger partial charge in [-0.15, -0.1) is 11.8 Å². The predicted molar refractivity (Wildman–Crippen MR) is 71.2 cm³/mol. The summed E-state index contributed by atoms with van der Waals surface area (Å²) in [6.07, 6.45) is 2.75. The first kappa shape index (κ1) is 15.6. The molecule has 0 heterocycles. The molecule has 0 amide bonds. The van der Waals surface area contributed by atoms with Gasteiger partial charge in [0.2, 0.25) is 0 Å². The molecule has 16 heavy (non-hydrogen) atoms. The second kappa shape index (κ2) is 6.34. The molecule has 2 N–H and O–H groups in total. The quantitative estimate of drug-likeness (QED) is 0.744. The molecule has 0 radical (unpaired) electrons. The van der Waals surface area contributed by atoms with Crippen molar-refractivity contribution >= 4 is 11.8 Å². The van der Waals surface area contributed by atoms with Crippen molar-refractivity contribution in [1.29, 1.82) is 0 Å². The van der Waals surface area contributed by atoms with E-state index in [1.54, 1.807) is 45.5 Å². The first-order chi connectivity index (χ1) is 7.17. The van der Waals surface area contributed by atoms with Gasteiger partial charge in [0.1, 0.15) is 5.60 Å². The average Bonchev–Trinajstić information content (AvgIpc) is 2.06. The third kappa shape index (κ3) is 7.81. The smallest absolute Gasteiger partial charge is 0.120 e. The highest BCUT2D eigenvalue weighted by molar-refractivity contribution is 8.03. The minimum atomic E-state index is -0.989. The summed E-state index contributed by atoms with van der Waals surface area (Å²) >= 11 is 1.61. The first-order valence-electron chi connectivity index (χ1n) is 5.47. The molecular weight excluding hydrogens is 220 g/mol. The second-order valence-electron chi connectivity index (χ2n) is 4.74. The van der Waals surface area contributed by atoms with E-state index in [1.165, 1.54) is 0 Å². The Labute approximate surface area is 103 Å². The Hall–Kier alpha value is -0.430. The van der Waals surface area contributed by atoms with Crippen LogP contribution in [-0.4, -0.2) is 27.2 Å². The fourth-order valence-corrected chi connectivity index (χ4v) is 1.80. The van der Waals surface area contributed by atoms with Crippen molar-refractivity contribution in [3.8, 4) is 11.8 Å². The maximum absolute atomic E-state index is 9.91. The molecule has 0 atom stereocenters. The number of aliphatic hydroxyl groups is 2. The molecule has 0 bridgehead atoms. The lowest BCUT2D eigenvalue weighted by Crippen LogP contribution is -2.20. The molecule has 0 aromatic carbocycles. The largest absolute Gasteiger partial charge is 0.385 e. The summed E-state index contributed by atoms with van der Waals surface area (Å²) in [7, 11) is 0. The third-order valence-corrected chi connectivity index (χ3v) is 3.19. The van der Waals surface area contributed by atoms with Crippen molar-refractivity contribution in [1.82, 2.24) is 0 Å². The van der Waals surface area contributed by atoms with E-state index in [2.05, 4.69) is 18.8 Å². The van der Waals surface area contributed by atoms with E-state index >= 15 is 0 Å². The summed E-state index contributed by atoms with van der Waals surface area (Å²) in [4.78, 5) is 0.839. The molecule has 0 unspecified atom stereocenters. The van der Waals surface area contributed by atoms with E-state index in [4.69, 9.17) is 0 Å². The molecule has 0 aliphatic rings. The van der Waals surface area contributed by atoms with Crippen LogP contribution in [0.5, 0.6) is 0 Å². The molecular formula is C13H22O2S. The Balaban J connectivity index is 4.75. The van der Waals surface area contributed by atoms with Gasteiger partial charge < -0.3 is 10.2 Å². The summed E-state index contributed by atoms with van der Waals surface area (Å²) in [5, 5.41) is 19.4. The molecule has 0 saturated heterocycles. The summed E-state index contributed by atoms with van der Waals surface area (Å²) < 4.78 is 0. The van der Waals surface area contributed by atoms with Crippen LogP contribution in [-0.2, 0) is 0 Å². The highest BCUT2D eigenvalue weighted by atomic mass is 32.2. The van der Waals surface area contributed by atoms with Crippen molar-refractivity contribution in [2.75, 3.05) is 5.75 Å². The second-order valence-corrected chi connectivity index (χ2v) is 5.88. The molecule has 0 saturated carbocycles. The highest BCUT2D eigenvalue weighted by Crippen LogP contribution is 2.27. The fraction of sp³-hybridized carbons (Fsp3) is 0.692. The zero-order chi connectivity index (χ0) is 12.8. The summed E-state index contributed by atoms with van der Waals surface area (Å²) in [6.45, 7) is 8.85. The van der Waals surface area contributed by atoms with Gasteiger partial charge in [-0.3, -0.25) is 0 Å². The molecule has 0 rings (SSSR count). The van der Waals surface area contributed by atoms with Gasteiger partial charge in [0.25, 0.3) is 0 Å². The molecule has 2 nitrogen and oxygen atoms in total. The van der Waals surface area contributed by atoms with E-state index < -0.39 is 11.2 Å². The Morgan fingerprint density at radius 3 is 2.19 bits per heavy atom. The Kier molecular flexibility index (Phi) is 6.17.